The lowest BCUT2D eigenvalue weighted by Crippen LogP contribution is -2.44. The van der Waals surface area contributed by atoms with Crippen LogP contribution in [-0.2, 0) is 16.0 Å². The molecular formula is C32H30N4O5S. The summed E-state index contributed by atoms with van der Waals surface area (Å²) in [7, 11) is 0. The van der Waals surface area contributed by atoms with Crippen LogP contribution in [0.5, 0.6) is 0 Å². The first-order valence-electron chi connectivity index (χ1n) is 13.7. The average Bonchev–Trinajstić information content (AvgIpc) is 3.48. The zero-order valence-corrected chi connectivity index (χ0v) is 24.0. The quantitative estimate of drug-likeness (QED) is 0.254. The number of hydrogen-bond donors (Lipinski definition) is 3. The van der Waals surface area contributed by atoms with Gasteiger partial charge in [0.05, 0.1) is 11.3 Å². The van der Waals surface area contributed by atoms with Gasteiger partial charge in [0.1, 0.15) is 18.1 Å². The van der Waals surface area contributed by atoms with Gasteiger partial charge in [-0.1, -0.05) is 60.2 Å². The predicted octanol–water partition coefficient (Wildman–Crippen LogP) is 4.90. The summed E-state index contributed by atoms with van der Waals surface area (Å²) in [5, 5.41) is 13.2. The number of imide groups is 1. The summed E-state index contributed by atoms with van der Waals surface area (Å²) in [5.41, 5.74) is 4.92. The van der Waals surface area contributed by atoms with Crippen LogP contribution in [0.15, 0.2) is 72.8 Å². The number of urea groups is 1. The number of para-hydroxylation sites is 2. The molecule has 1 unspecified atom stereocenters. The third-order valence-corrected chi connectivity index (χ3v) is 8.69. The van der Waals surface area contributed by atoms with Gasteiger partial charge < -0.3 is 15.4 Å². The van der Waals surface area contributed by atoms with Crippen LogP contribution < -0.4 is 10.2 Å². The summed E-state index contributed by atoms with van der Waals surface area (Å²) in [6, 6.07) is 19.2. The van der Waals surface area contributed by atoms with Crippen molar-refractivity contribution in [1.82, 2.24) is 15.2 Å². The molecule has 6 rings (SSSR count). The van der Waals surface area contributed by atoms with Crippen LogP contribution >= 0.6 is 11.8 Å². The minimum absolute atomic E-state index is 0.0605. The SMILES string of the molecule is CSCC[C@H](NC(=O)c1ccccc1N1C(=O)[C@@H]2Cc3c([nH]c4ccccc34)C(c3ccc(C)cc3)N2C1=O)C(=O)O. The number of aromatic amines is 1. The molecule has 1 saturated heterocycles. The molecule has 9 nitrogen and oxygen atoms in total. The van der Waals surface area contributed by atoms with E-state index in [1.807, 2.05) is 61.7 Å². The summed E-state index contributed by atoms with van der Waals surface area (Å²) in [4.78, 5) is 59.8. The summed E-state index contributed by atoms with van der Waals surface area (Å²) in [6.45, 7) is 1.99. The number of aryl methyl sites for hydroxylation is 1. The molecule has 3 N–H and O–H groups in total. The molecule has 1 aromatic heterocycles. The summed E-state index contributed by atoms with van der Waals surface area (Å²) < 4.78 is 0. The van der Waals surface area contributed by atoms with Crippen LogP contribution in [-0.4, -0.2) is 62.9 Å². The third kappa shape index (κ3) is 4.61. The molecular weight excluding hydrogens is 552 g/mol. The van der Waals surface area contributed by atoms with E-state index in [-0.39, 0.29) is 17.7 Å². The number of aromatic nitrogens is 1. The second-order valence-corrected chi connectivity index (χ2v) is 11.6. The number of nitrogens with zero attached hydrogens (tertiary/aromatic N) is 2. The topological polar surface area (TPSA) is 123 Å². The highest BCUT2D eigenvalue weighted by atomic mass is 32.2. The van der Waals surface area contributed by atoms with Crippen molar-refractivity contribution < 1.29 is 24.3 Å². The van der Waals surface area contributed by atoms with Crippen LogP contribution in [0.2, 0.25) is 0 Å². The number of fused-ring (bicyclic) bond motifs is 4. The van der Waals surface area contributed by atoms with Crippen LogP contribution in [0.3, 0.4) is 0 Å². The van der Waals surface area contributed by atoms with Crippen LogP contribution in [0, 0.1) is 6.92 Å². The van der Waals surface area contributed by atoms with Gasteiger partial charge in [-0.25, -0.2) is 14.5 Å². The Hall–Kier alpha value is -4.57. The van der Waals surface area contributed by atoms with Crippen LogP contribution in [0.1, 0.15) is 45.2 Å². The number of amides is 4. The number of hydrogen-bond acceptors (Lipinski definition) is 5. The maximum Gasteiger partial charge on any atom is 0.332 e. The molecule has 4 amide bonds. The van der Waals surface area contributed by atoms with E-state index in [2.05, 4.69) is 10.3 Å². The molecule has 1 fully saturated rings. The van der Waals surface area contributed by atoms with Gasteiger partial charge in [0.25, 0.3) is 11.8 Å². The zero-order valence-electron chi connectivity index (χ0n) is 23.2. The number of carboxylic acids is 1. The van der Waals surface area contributed by atoms with Gasteiger partial charge in [-0.15, -0.1) is 0 Å². The van der Waals surface area contributed by atoms with E-state index in [4.69, 9.17) is 0 Å². The van der Waals surface area contributed by atoms with E-state index < -0.39 is 41.9 Å². The van der Waals surface area contributed by atoms with Crippen molar-refractivity contribution in [2.24, 2.45) is 0 Å². The second-order valence-electron chi connectivity index (χ2n) is 10.6. The highest BCUT2D eigenvalue weighted by Crippen LogP contribution is 2.45. The van der Waals surface area contributed by atoms with Crippen LogP contribution in [0.25, 0.3) is 10.9 Å². The number of aliphatic carboxylic acids is 1. The van der Waals surface area contributed by atoms with Gasteiger partial charge in [0.2, 0.25) is 0 Å². The number of carboxylic acid groups (broad SMARTS) is 1. The molecule has 2 aliphatic rings. The number of benzene rings is 3. The first-order chi connectivity index (χ1) is 20.3. The lowest BCUT2D eigenvalue weighted by Gasteiger charge is -2.36. The molecule has 0 radical (unpaired) electrons. The highest BCUT2D eigenvalue weighted by molar-refractivity contribution is 7.98. The average molecular weight is 583 g/mol. The lowest BCUT2D eigenvalue weighted by molar-refractivity contribution is -0.139. The van der Waals surface area contributed by atoms with E-state index in [1.165, 1.54) is 17.8 Å². The van der Waals surface area contributed by atoms with Crippen molar-refractivity contribution in [3.05, 3.63) is 101 Å². The Morgan fingerprint density at radius 3 is 2.50 bits per heavy atom. The number of anilines is 1. The van der Waals surface area contributed by atoms with Crippen molar-refractivity contribution in [3.63, 3.8) is 0 Å². The van der Waals surface area contributed by atoms with E-state index >= 15 is 0 Å². The molecule has 10 heteroatoms. The standard InChI is InChI=1S/C32H30N4O5S/c1-18-11-13-19(14-12-18)28-27-22(20-7-3-5-9-23(20)33-27)17-26-30(38)36(32(41)35(26)28)25-10-6-4-8-21(25)29(37)34-24(31(39)40)15-16-42-2/h3-14,24,26,28,33H,15-17H2,1-2H3,(H,34,37)(H,39,40)/t24-,26-,28?/m0/s1. The van der Waals surface area contributed by atoms with E-state index in [1.54, 1.807) is 23.1 Å². The molecule has 3 atom stereocenters. The first kappa shape index (κ1) is 27.6. The Kier molecular flexibility index (Phi) is 7.24. The minimum atomic E-state index is -1.14. The smallest absolute Gasteiger partial charge is 0.332 e. The van der Waals surface area contributed by atoms with Gasteiger partial charge in [-0.3, -0.25) is 14.5 Å². The Bertz CT molecular complexity index is 1720. The zero-order chi connectivity index (χ0) is 29.5. The van der Waals surface area contributed by atoms with Gasteiger partial charge >= 0.3 is 12.0 Å². The van der Waals surface area contributed by atoms with Gasteiger partial charge in [0, 0.05) is 23.0 Å². The van der Waals surface area contributed by atoms with Gasteiger partial charge in [-0.05, 0) is 54.7 Å². The van der Waals surface area contributed by atoms with Crippen molar-refractivity contribution >= 4 is 52.2 Å². The van der Waals surface area contributed by atoms with Crippen LogP contribution in [0.4, 0.5) is 10.5 Å². The Labute approximate surface area is 246 Å². The minimum Gasteiger partial charge on any atom is -0.480 e. The van der Waals surface area contributed by atoms with E-state index in [9.17, 15) is 24.3 Å². The Morgan fingerprint density at radius 1 is 1.05 bits per heavy atom. The Morgan fingerprint density at radius 2 is 1.76 bits per heavy atom. The van der Waals surface area contributed by atoms with Crippen molar-refractivity contribution in [2.75, 3.05) is 16.9 Å². The normalized spacial score (nSPS) is 18.6. The van der Waals surface area contributed by atoms with E-state index in [0.717, 1.165) is 38.2 Å². The molecule has 4 aromatic rings. The molecule has 3 heterocycles. The third-order valence-electron chi connectivity index (χ3n) is 8.05. The Balaban J connectivity index is 1.41. The number of H-pyrrole nitrogens is 1. The van der Waals surface area contributed by atoms with Crippen molar-refractivity contribution in [3.8, 4) is 0 Å². The van der Waals surface area contributed by atoms with Gasteiger partial charge in [-0.2, -0.15) is 11.8 Å². The molecule has 0 spiro atoms. The largest absolute Gasteiger partial charge is 0.480 e. The molecule has 42 heavy (non-hydrogen) atoms. The van der Waals surface area contributed by atoms with E-state index in [0.29, 0.717) is 12.2 Å². The summed E-state index contributed by atoms with van der Waals surface area (Å²) in [6.07, 6.45) is 2.43. The number of carbonyl (C=O) groups excluding carboxylic acids is 3. The fourth-order valence-electron chi connectivity index (χ4n) is 5.98. The molecule has 0 aliphatic carbocycles. The maximum atomic E-state index is 14.3. The number of nitrogens with one attached hydrogen (secondary N) is 2. The second kappa shape index (κ2) is 11.0. The lowest BCUT2D eigenvalue weighted by atomic mass is 9.88. The predicted molar refractivity (Wildman–Crippen MR) is 162 cm³/mol. The number of thioether (sulfide) groups is 1. The molecule has 3 aromatic carbocycles. The molecule has 0 saturated carbocycles. The molecule has 2 aliphatic heterocycles. The maximum absolute atomic E-state index is 14.3. The fourth-order valence-corrected chi connectivity index (χ4v) is 6.45. The monoisotopic (exact) mass is 582 g/mol. The highest BCUT2D eigenvalue weighted by Gasteiger charge is 2.53. The number of carbonyl (C=O) groups is 4. The van der Waals surface area contributed by atoms with Crippen molar-refractivity contribution in [1.29, 1.82) is 0 Å². The first-order valence-corrected chi connectivity index (χ1v) is 15.1. The molecule has 214 valence electrons. The summed E-state index contributed by atoms with van der Waals surface area (Å²) >= 11 is 1.48. The molecule has 0 bridgehead atoms. The number of rotatable bonds is 8. The van der Waals surface area contributed by atoms with Gasteiger partial charge in [0.15, 0.2) is 0 Å². The van der Waals surface area contributed by atoms with Crippen molar-refractivity contribution in [2.45, 2.75) is 37.9 Å². The summed E-state index contributed by atoms with van der Waals surface area (Å²) in [5.74, 6) is -1.68. The fraction of sp³-hybridized carbons (Fsp3) is 0.250.